The Labute approximate surface area is 173 Å². The molecule has 0 radical (unpaired) electrons. The number of benzene rings is 1. The van der Waals surface area contributed by atoms with E-state index in [0.29, 0.717) is 18.9 Å². The van der Waals surface area contributed by atoms with E-state index in [2.05, 4.69) is 36.4 Å². The highest BCUT2D eigenvalue weighted by Gasteiger charge is 2.46. The van der Waals surface area contributed by atoms with Gasteiger partial charge in [-0.25, -0.2) is 0 Å². The first-order valence-electron chi connectivity index (χ1n) is 8.78. The van der Waals surface area contributed by atoms with Gasteiger partial charge in [-0.05, 0) is 39.7 Å². The summed E-state index contributed by atoms with van der Waals surface area (Å²) >= 11 is 3.05. The highest BCUT2D eigenvalue weighted by atomic mass is 79.9. The maximum atomic E-state index is 13.3. The Morgan fingerprint density at radius 1 is 1.28 bits per heavy atom. The van der Waals surface area contributed by atoms with E-state index in [1.54, 1.807) is 12.4 Å². The van der Waals surface area contributed by atoms with Crippen molar-refractivity contribution in [2.75, 3.05) is 18.5 Å². The molecule has 0 spiro atoms. The highest BCUT2D eigenvalue weighted by molar-refractivity contribution is 9.10. The summed E-state index contributed by atoms with van der Waals surface area (Å²) in [5, 5.41) is 11.2. The van der Waals surface area contributed by atoms with Crippen LogP contribution in [0.15, 0.2) is 47.3 Å². The van der Waals surface area contributed by atoms with Crippen molar-refractivity contribution in [3.63, 3.8) is 0 Å². The Bertz CT molecular complexity index is 1030. The molecular weight excluding hydrogens is 451 g/mol. The molecule has 0 aliphatic carbocycles. The van der Waals surface area contributed by atoms with Crippen molar-refractivity contribution in [1.29, 1.82) is 0 Å². The van der Waals surface area contributed by atoms with Crippen molar-refractivity contribution in [1.82, 2.24) is 19.7 Å². The summed E-state index contributed by atoms with van der Waals surface area (Å²) < 4.78 is 47.5. The van der Waals surface area contributed by atoms with E-state index in [1.165, 1.54) is 6.20 Å². The maximum absolute atomic E-state index is 13.3. The maximum Gasteiger partial charge on any atom is 0.418 e. The van der Waals surface area contributed by atoms with Gasteiger partial charge in [0, 0.05) is 23.4 Å². The number of alkyl halides is 3. The minimum Gasteiger partial charge on any atom is -0.379 e. The smallest absolute Gasteiger partial charge is 0.379 e. The molecule has 3 aromatic rings. The Morgan fingerprint density at radius 3 is 2.69 bits per heavy atom. The van der Waals surface area contributed by atoms with Crippen LogP contribution in [0.5, 0.6) is 0 Å². The standard InChI is InChI=1S/C19H17BrF3N5O/c1-28-11-26-27-17(28)18(9-29-10-18)12-3-2-4-14(5-12)24-8-16-15(19(21,22)23)6-13(20)7-25-16/h2-7,11,24H,8-10H2,1H3. The number of aryl methyl sites for hydroxylation is 1. The van der Waals surface area contributed by atoms with E-state index in [9.17, 15) is 13.2 Å². The highest BCUT2D eigenvalue weighted by Crippen LogP contribution is 2.39. The molecule has 1 aliphatic rings. The molecule has 1 aliphatic heterocycles. The number of hydrogen-bond acceptors (Lipinski definition) is 5. The van der Waals surface area contributed by atoms with Gasteiger partial charge in [0.15, 0.2) is 0 Å². The van der Waals surface area contributed by atoms with Gasteiger partial charge in [-0.1, -0.05) is 12.1 Å². The number of rotatable bonds is 5. The Morgan fingerprint density at radius 2 is 2.07 bits per heavy atom. The zero-order valence-corrected chi connectivity index (χ0v) is 17.0. The number of anilines is 1. The Balaban J connectivity index is 1.59. The van der Waals surface area contributed by atoms with Crippen molar-refractivity contribution in [3.8, 4) is 0 Å². The normalized spacial score (nSPS) is 15.8. The molecule has 0 atom stereocenters. The van der Waals surface area contributed by atoms with Crippen LogP contribution < -0.4 is 5.32 Å². The van der Waals surface area contributed by atoms with Crippen LogP contribution in [-0.2, 0) is 29.9 Å². The van der Waals surface area contributed by atoms with Crippen LogP contribution >= 0.6 is 15.9 Å². The predicted octanol–water partition coefficient (Wildman–Crippen LogP) is 3.92. The fourth-order valence-corrected chi connectivity index (χ4v) is 3.75. The summed E-state index contributed by atoms with van der Waals surface area (Å²) in [7, 11) is 1.87. The molecule has 0 bridgehead atoms. The van der Waals surface area contributed by atoms with Crippen molar-refractivity contribution >= 4 is 21.6 Å². The lowest BCUT2D eigenvalue weighted by atomic mass is 9.77. The number of hydrogen-bond donors (Lipinski definition) is 1. The fraction of sp³-hybridized carbons (Fsp3) is 0.316. The first-order valence-corrected chi connectivity index (χ1v) is 9.57. The number of nitrogens with one attached hydrogen (secondary N) is 1. The molecule has 4 rings (SSSR count). The van der Waals surface area contributed by atoms with Crippen LogP contribution in [0.1, 0.15) is 22.6 Å². The zero-order valence-electron chi connectivity index (χ0n) is 15.4. The first-order chi connectivity index (χ1) is 13.8. The monoisotopic (exact) mass is 467 g/mol. The molecule has 1 saturated heterocycles. The molecule has 10 heteroatoms. The van der Waals surface area contributed by atoms with Gasteiger partial charge in [0.25, 0.3) is 0 Å². The summed E-state index contributed by atoms with van der Waals surface area (Å²) in [5.74, 6) is 0.787. The van der Waals surface area contributed by atoms with Gasteiger partial charge < -0.3 is 14.6 Å². The summed E-state index contributed by atoms with van der Waals surface area (Å²) in [5.41, 5.74) is 0.397. The van der Waals surface area contributed by atoms with Gasteiger partial charge in [0.05, 0.1) is 31.0 Å². The van der Waals surface area contributed by atoms with E-state index in [1.807, 2.05) is 29.8 Å². The van der Waals surface area contributed by atoms with E-state index < -0.39 is 17.2 Å². The predicted molar refractivity (Wildman–Crippen MR) is 103 cm³/mol. The van der Waals surface area contributed by atoms with Crippen LogP contribution in [0.2, 0.25) is 0 Å². The average Bonchev–Trinajstić information content (AvgIpc) is 3.06. The lowest BCUT2D eigenvalue weighted by Crippen LogP contribution is -2.49. The Hall–Kier alpha value is -2.46. The van der Waals surface area contributed by atoms with E-state index in [0.717, 1.165) is 17.5 Å². The number of pyridine rings is 1. The van der Waals surface area contributed by atoms with Crippen LogP contribution in [0, 0.1) is 0 Å². The summed E-state index contributed by atoms with van der Waals surface area (Å²) in [4.78, 5) is 3.94. The lowest BCUT2D eigenvalue weighted by Gasteiger charge is -2.40. The van der Waals surface area contributed by atoms with Gasteiger partial charge >= 0.3 is 6.18 Å². The molecule has 1 fully saturated rings. The first kappa shape index (κ1) is 19.8. The molecule has 6 nitrogen and oxygen atoms in total. The zero-order chi connectivity index (χ0) is 20.6. The van der Waals surface area contributed by atoms with Gasteiger partial charge in [-0.3, -0.25) is 4.98 Å². The third kappa shape index (κ3) is 3.74. The van der Waals surface area contributed by atoms with Crippen molar-refractivity contribution in [3.05, 3.63) is 70.0 Å². The number of aromatic nitrogens is 4. The quantitative estimate of drug-likeness (QED) is 0.615. The van der Waals surface area contributed by atoms with Crippen molar-refractivity contribution in [2.45, 2.75) is 18.1 Å². The molecule has 0 saturated carbocycles. The van der Waals surface area contributed by atoms with Crippen LogP contribution in [0.3, 0.4) is 0 Å². The third-order valence-corrected chi connectivity index (χ3v) is 5.39. The summed E-state index contributed by atoms with van der Waals surface area (Å²) in [6.07, 6.45) is -1.49. The Kier molecular flexibility index (Phi) is 5.07. The van der Waals surface area contributed by atoms with E-state index >= 15 is 0 Å². The SMILES string of the molecule is Cn1cnnc1C1(c2cccc(NCc3ncc(Br)cc3C(F)(F)F)c2)COC1. The van der Waals surface area contributed by atoms with Crippen LogP contribution in [-0.4, -0.2) is 33.0 Å². The van der Waals surface area contributed by atoms with Crippen molar-refractivity contribution < 1.29 is 17.9 Å². The van der Waals surface area contributed by atoms with Gasteiger partial charge in [-0.15, -0.1) is 10.2 Å². The molecule has 0 unspecified atom stereocenters. The van der Waals surface area contributed by atoms with Gasteiger partial charge in [0.2, 0.25) is 0 Å². The van der Waals surface area contributed by atoms with Gasteiger partial charge in [0.1, 0.15) is 17.6 Å². The molecule has 3 heterocycles. The molecule has 29 heavy (non-hydrogen) atoms. The largest absolute Gasteiger partial charge is 0.418 e. The van der Waals surface area contributed by atoms with Crippen molar-refractivity contribution in [2.24, 2.45) is 7.05 Å². The number of nitrogens with zero attached hydrogens (tertiary/aromatic N) is 4. The van der Waals surface area contributed by atoms with E-state index in [4.69, 9.17) is 4.74 Å². The third-order valence-electron chi connectivity index (χ3n) is 4.95. The molecule has 152 valence electrons. The molecule has 1 N–H and O–H groups in total. The van der Waals surface area contributed by atoms with Gasteiger partial charge in [-0.2, -0.15) is 13.2 Å². The average molecular weight is 468 g/mol. The second-order valence-electron chi connectivity index (χ2n) is 6.92. The molecule has 2 aromatic heterocycles. The minimum atomic E-state index is -4.48. The topological polar surface area (TPSA) is 64.9 Å². The number of halogens is 4. The summed E-state index contributed by atoms with van der Waals surface area (Å²) in [6.45, 7) is 0.879. The lowest BCUT2D eigenvalue weighted by molar-refractivity contribution is -0.138. The number of ether oxygens (including phenoxy) is 1. The van der Waals surface area contributed by atoms with Crippen LogP contribution in [0.4, 0.5) is 18.9 Å². The molecule has 0 amide bonds. The molecular formula is C19H17BrF3N5O. The summed E-state index contributed by atoms with van der Waals surface area (Å²) in [6, 6.07) is 8.56. The second-order valence-corrected chi connectivity index (χ2v) is 7.84. The van der Waals surface area contributed by atoms with Crippen LogP contribution in [0.25, 0.3) is 0 Å². The minimum absolute atomic E-state index is 0.0565. The molecule has 1 aromatic carbocycles. The fourth-order valence-electron chi connectivity index (χ4n) is 3.41. The van der Waals surface area contributed by atoms with E-state index in [-0.39, 0.29) is 16.7 Å². The second kappa shape index (κ2) is 7.42.